The van der Waals surface area contributed by atoms with Gasteiger partial charge >= 0.3 is 6.01 Å². The number of β-amino-alcohol motifs (C(OH)–C–C–N with tert-alkyl or cyclic N) is 1. The standard InChI is InChI=1S/C51H51F2N7O6/c1-3-31-37(52)10-8-29-22-30(61)23-35(41(29)31)44-43(53)45-36(24-54-44)46(59-19-5-16-50(2,65)25-59)57-49(56-45)66-27-51(17-18-51)26-58-20-14-28(15-21-58)32-9-11-38-42-33(32)6-4-7-34(42)48(64)60(38)39-12-13-40(62)55-47(39)63/h4,6-11,22-24,28,39,61,65H,3,5,12-21,25-27H2,1-2H3,(H,55,62,63)/t39?,50-/m1/s1. The van der Waals surface area contributed by atoms with Gasteiger partial charge in [-0.05, 0) is 135 Å². The molecule has 1 saturated carbocycles. The van der Waals surface area contributed by atoms with Gasteiger partial charge in [0.25, 0.3) is 5.91 Å². The Bertz CT molecular complexity index is 3020. The summed E-state index contributed by atoms with van der Waals surface area (Å²) < 4.78 is 38.8. The van der Waals surface area contributed by atoms with E-state index in [0.717, 1.165) is 61.8 Å². The van der Waals surface area contributed by atoms with E-state index in [9.17, 15) is 24.6 Å². The number of aromatic hydroxyl groups is 1. The van der Waals surface area contributed by atoms with Crippen LogP contribution in [0.4, 0.5) is 20.3 Å². The summed E-state index contributed by atoms with van der Waals surface area (Å²) in [6, 6.07) is 15.0. The number of phenolic OH excluding ortho intramolecular Hbond substituents is 1. The zero-order chi connectivity index (χ0) is 45.6. The van der Waals surface area contributed by atoms with Crippen molar-refractivity contribution < 1.29 is 38.1 Å². The van der Waals surface area contributed by atoms with Gasteiger partial charge in [-0.25, -0.2) is 8.78 Å². The number of piperidine rings is 3. The largest absolute Gasteiger partial charge is 0.508 e. The third-order valence-electron chi connectivity index (χ3n) is 14.7. The molecule has 4 fully saturated rings. The first kappa shape index (κ1) is 42.3. The number of nitrogens with one attached hydrogen (secondary N) is 1. The van der Waals surface area contributed by atoms with Crippen LogP contribution >= 0.6 is 0 Å². The van der Waals surface area contributed by atoms with E-state index in [4.69, 9.17) is 9.72 Å². The number of ether oxygens (including phenoxy) is 1. The van der Waals surface area contributed by atoms with E-state index in [1.807, 2.05) is 30.0 Å². The highest BCUT2D eigenvalue weighted by molar-refractivity contribution is 6.27. The maximum atomic E-state index is 17.1. The van der Waals surface area contributed by atoms with Crippen LogP contribution in [0.5, 0.6) is 11.8 Å². The minimum Gasteiger partial charge on any atom is -0.508 e. The monoisotopic (exact) mass is 895 g/mol. The average molecular weight is 896 g/mol. The van der Waals surface area contributed by atoms with Crippen LogP contribution in [0, 0.1) is 17.0 Å². The summed E-state index contributed by atoms with van der Waals surface area (Å²) in [6.45, 7) is 7.36. The summed E-state index contributed by atoms with van der Waals surface area (Å²) in [4.78, 5) is 58.6. The number of imide groups is 1. The van der Waals surface area contributed by atoms with Crippen LogP contribution in [0.1, 0.15) is 92.6 Å². The normalized spacial score (nSPS) is 22.2. The molecule has 11 rings (SSSR count). The van der Waals surface area contributed by atoms with Gasteiger partial charge in [-0.3, -0.25) is 29.6 Å². The van der Waals surface area contributed by atoms with Gasteiger partial charge in [0, 0.05) is 54.2 Å². The average Bonchev–Trinajstić information content (AvgIpc) is 4.01. The number of nitrogens with zero attached hydrogens (tertiary/aromatic N) is 6. The van der Waals surface area contributed by atoms with Crippen LogP contribution in [0.3, 0.4) is 0 Å². The number of aliphatic hydroxyl groups is 1. The molecule has 1 unspecified atom stereocenters. The van der Waals surface area contributed by atoms with Crippen molar-refractivity contribution in [1.29, 1.82) is 0 Å². The van der Waals surface area contributed by atoms with E-state index in [0.29, 0.717) is 65.5 Å². The molecule has 4 aromatic carbocycles. The molecule has 13 nitrogen and oxygen atoms in total. The maximum Gasteiger partial charge on any atom is 0.319 e. The fourth-order valence-electron chi connectivity index (χ4n) is 11.2. The molecule has 340 valence electrons. The van der Waals surface area contributed by atoms with Gasteiger partial charge in [-0.1, -0.05) is 31.2 Å². The van der Waals surface area contributed by atoms with Gasteiger partial charge in [0.1, 0.15) is 34.6 Å². The number of aryl methyl sites for hydroxylation is 1. The zero-order valence-corrected chi connectivity index (χ0v) is 37.0. The number of hydrogen-bond acceptors (Lipinski definition) is 11. The van der Waals surface area contributed by atoms with Crippen molar-refractivity contribution in [1.82, 2.24) is 25.2 Å². The maximum absolute atomic E-state index is 17.1. The van der Waals surface area contributed by atoms with Crippen LogP contribution in [0.25, 0.3) is 43.7 Å². The summed E-state index contributed by atoms with van der Waals surface area (Å²) in [5, 5.41) is 27.5. The van der Waals surface area contributed by atoms with Gasteiger partial charge in [0.2, 0.25) is 11.8 Å². The first-order valence-corrected chi connectivity index (χ1v) is 23.2. The fraction of sp³-hybridized carbons (Fsp3) is 0.412. The summed E-state index contributed by atoms with van der Waals surface area (Å²) in [6.07, 6.45) is 7.42. The molecule has 15 heteroatoms. The predicted octanol–water partition coefficient (Wildman–Crippen LogP) is 7.70. The van der Waals surface area contributed by atoms with Crippen molar-refractivity contribution in [2.75, 3.05) is 49.1 Å². The molecule has 2 atom stereocenters. The third-order valence-corrected chi connectivity index (χ3v) is 14.7. The van der Waals surface area contributed by atoms with Crippen molar-refractivity contribution in [2.24, 2.45) is 5.41 Å². The molecule has 3 N–H and O–H groups in total. The topological polar surface area (TPSA) is 161 Å². The Hall–Kier alpha value is -6.32. The highest BCUT2D eigenvalue weighted by Crippen LogP contribution is 2.49. The summed E-state index contributed by atoms with van der Waals surface area (Å²) >= 11 is 0. The number of likely N-dealkylation sites (tertiary alicyclic amines) is 1. The molecule has 0 radical (unpaired) electrons. The van der Waals surface area contributed by atoms with Crippen LogP contribution in [-0.2, 0) is 16.0 Å². The van der Waals surface area contributed by atoms with E-state index in [2.05, 4.69) is 32.3 Å². The van der Waals surface area contributed by atoms with Crippen molar-refractivity contribution in [2.45, 2.75) is 89.2 Å². The highest BCUT2D eigenvalue weighted by Gasteiger charge is 2.46. The number of anilines is 2. The Morgan fingerprint density at radius 3 is 2.50 bits per heavy atom. The Morgan fingerprint density at radius 1 is 0.924 bits per heavy atom. The zero-order valence-electron chi connectivity index (χ0n) is 37.0. The van der Waals surface area contributed by atoms with Crippen LogP contribution in [0.2, 0.25) is 0 Å². The molecular weight excluding hydrogens is 845 g/mol. The number of carbonyl (C=O) groups is 3. The molecule has 2 aromatic heterocycles. The summed E-state index contributed by atoms with van der Waals surface area (Å²) in [5.74, 6) is -1.56. The first-order valence-electron chi connectivity index (χ1n) is 23.2. The van der Waals surface area contributed by atoms with E-state index in [1.165, 1.54) is 30.0 Å². The quantitative estimate of drug-likeness (QED) is 0.116. The Labute approximate surface area is 379 Å². The van der Waals surface area contributed by atoms with Crippen molar-refractivity contribution in [3.8, 4) is 23.0 Å². The smallest absolute Gasteiger partial charge is 0.319 e. The van der Waals surface area contributed by atoms with Crippen molar-refractivity contribution in [3.63, 3.8) is 0 Å². The Balaban J connectivity index is 0.837. The van der Waals surface area contributed by atoms with Crippen LogP contribution in [0.15, 0.2) is 60.8 Å². The number of phenols is 1. The van der Waals surface area contributed by atoms with Gasteiger partial charge in [-0.2, -0.15) is 9.97 Å². The van der Waals surface area contributed by atoms with E-state index in [-0.39, 0.29) is 71.1 Å². The second kappa shape index (κ2) is 15.9. The molecule has 0 bridgehead atoms. The van der Waals surface area contributed by atoms with Gasteiger partial charge in [0.05, 0.1) is 23.3 Å². The molecule has 5 aliphatic rings. The van der Waals surface area contributed by atoms with Gasteiger partial charge < -0.3 is 24.7 Å². The Kier molecular flexibility index (Phi) is 10.2. The number of amides is 3. The number of benzene rings is 4. The second-order valence-corrected chi connectivity index (χ2v) is 19.4. The fourth-order valence-corrected chi connectivity index (χ4v) is 11.2. The summed E-state index contributed by atoms with van der Waals surface area (Å²) in [5.41, 5.74) is 1.93. The lowest BCUT2D eigenvalue weighted by Gasteiger charge is -2.38. The lowest BCUT2D eigenvalue weighted by molar-refractivity contribution is -0.134. The first-order chi connectivity index (χ1) is 31.8. The third kappa shape index (κ3) is 7.27. The van der Waals surface area contributed by atoms with Gasteiger partial charge in [0.15, 0.2) is 5.82 Å². The van der Waals surface area contributed by atoms with E-state index < -0.39 is 29.2 Å². The molecule has 4 aliphatic heterocycles. The van der Waals surface area contributed by atoms with Crippen LogP contribution < -0.4 is 19.9 Å². The molecule has 3 saturated heterocycles. The number of fused-ring (bicyclic) bond motifs is 2. The molecular formula is C51H51F2N7O6. The molecule has 6 aromatic rings. The predicted molar refractivity (Wildman–Crippen MR) is 246 cm³/mol. The van der Waals surface area contributed by atoms with Crippen LogP contribution in [-0.4, -0.2) is 98.8 Å². The summed E-state index contributed by atoms with van der Waals surface area (Å²) in [7, 11) is 0. The van der Waals surface area contributed by atoms with E-state index >= 15 is 8.78 Å². The van der Waals surface area contributed by atoms with Gasteiger partial charge in [-0.15, -0.1) is 0 Å². The number of hydrogen-bond donors (Lipinski definition) is 3. The molecule has 3 amide bonds. The minimum atomic E-state index is -0.985. The number of pyridine rings is 1. The molecule has 6 heterocycles. The highest BCUT2D eigenvalue weighted by atomic mass is 19.1. The lowest BCUT2D eigenvalue weighted by Crippen LogP contribution is -2.53. The van der Waals surface area contributed by atoms with E-state index in [1.54, 1.807) is 17.9 Å². The number of aromatic nitrogens is 3. The lowest BCUT2D eigenvalue weighted by atomic mass is 9.85. The molecule has 66 heavy (non-hydrogen) atoms. The molecule has 0 spiro atoms. The number of halogens is 2. The Morgan fingerprint density at radius 2 is 1.74 bits per heavy atom. The minimum absolute atomic E-state index is 0.0147. The second-order valence-electron chi connectivity index (χ2n) is 19.4. The van der Waals surface area contributed by atoms with Crippen molar-refractivity contribution in [3.05, 3.63) is 89.1 Å². The molecule has 1 aliphatic carbocycles. The van der Waals surface area contributed by atoms with Crippen molar-refractivity contribution >= 4 is 61.7 Å². The SMILES string of the molecule is CCc1c(F)ccc2cc(O)cc(-c3ncc4c(N5CCC[C@@](C)(O)C5)nc(OCC5(CN6CCC(c7ccc8c9c(cccc79)C(=O)N8C7CCC(=O)NC7=O)CC6)CC5)nc4c3F)c12. The number of carbonyl (C=O) groups excluding carboxylic acids is 3. The number of rotatable bonds is 10.